The molecule has 0 saturated carbocycles. The zero-order valence-corrected chi connectivity index (χ0v) is 12.9. The van der Waals surface area contributed by atoms with Crippen molar-refractivity contribution < 1.29 is 4.79 Å². The van der Waals surface area contributed by atoms with Crippen molar-refractivity contribution >= 4 is 17.5 Å². The molecule has 1 N–H and O–H groups in total. The van der Waals surface area contributed by atoms with Gasteiger partial charge in [0.25, 0.3) is 5.91 Å². The number of nitrogens with zero attached hydrogens (tertiary/aromatic N) is 3. The summed E-state index contributed by atoms with van der Waals surface area (Å²) in [5.41, 5.74) is 1.17. The van der Waals surface area contributed by atoms with Crippen LogP contribution in [0.5, 0.6) is 0 Å². The highest BCUT2D eigenvalue weighted by molar-refractivity contribution is 6.34. The predicted octanol–water partition coefficient (Wildman–Crippen LogP) is 1.74. The monoisotopic (exact) mass is 296 g/mol. The van der Waals surface area contributed by atoms with E-state index in [0.717, 1.165) is 18.5 Å². The fraction of sp³-hybridized carbons (Fsp3) is 0.714. The zero-order valence-electron chi connectivity index (χ0n) is 12.2. The number of hydrogen-bond acceptors (Lipinski definition) is 3. The SMILES string of the molecule is Cc1c(Cl)c(C(=O)NC2CC3CCC(C2)N3C)nn1C. The Morgan fingerprint density at radius 2 is 1.90 bits per heavy atom. The van der Waals surface area contributed by atoms with Gasteiger partial charge in [0.05, 0.1) is 10.7 Å². The van der Waals surface area contributed by atoms with E-state index in [1.54, 1.807) is 11.7 Å². The number of carbonyl (C=O) groups excluding carboxylic acids is 1. The third-order valence-electron chi connectivity index (χ3n) is 4.91. The molecule has 2 bridgehead atoms. The van der Waals surface area contributed by atoms with Crippen LogP contribution in [0.4, 0.5) is 0 Å². The smallest absolute Gasteiger partial charge is 0.273 e. The lowest BCUT2D eigenvalue weighted by molar-refractivity contribution is 0.0877. The molecule has 2 unspecified atom stereocenters. The second-order valence-corrected chi connectivity index (χ2v) is 6.44. The molecule has 2 atom stereocenters. The van der Waals surface area contributed by atoms with Gasteiger partial charge in [-0.3, -0.25) is 9.48 Å². The molecular formula is C14H21ClN4O. The number of aryl methyl sites for hydroxylation is 1. The lowest BCUT2D eigenvalue weighted by Gasteiger charge is -2.36. The molecule has 110 valence electrons. The summed E-state index contributed by atoms with van der Waals surface area (Å²) in [5, 5.41) is 7.78. The Morgan fingerprint density at radius 3 is 2.40 bits per heavy atom. The van der Waals surface area contributed by atoms with E-state index in [1.807, 2.05) is 6.92 Å². The van der Waals surface area contributed by atoms with Crippen LogP contribution in [0, 0.1) is 6.92 Å². The van der Waals surface area contributed by atoms with Gasteiger partial charge in [-0.2, -0.15) is 5.10 Å². The van der Waals surface area contributed by atoms with Crippen molar-refractivity contribution in [2.45, 2.75) is 50.7 Å². The van der Waals surface area contributed by atoms with Crippen molar-refractivity contribution in [2.24, 2.45) is 7.05 Å². The molecule has 2 aliphatic rings. The van der Waals surface area contributed by atoms with E-state index in [-0.39, 0.29) is 11.9 Å². The van der Waals surface area contributed by atoms with Crippen LogP contribution < -0.4 is 5.32 Å². The highest BCUT2D eigenvalue weighted by atomic mass is 35.5. The first-order valence-electron chi connectivity index (χ1n) is 7.19. The summed E-state index contributed by atoms with van der Waals surface area (Å²) in [5.74, 6) is -0.146. The minimum Gasteiger partial charge on any atom is -0.348 e. The number of amides is 1. The van der Waals surface area contributed by atoms with Crippen LogP contribution in [0.2, 0.25) is 5.02 Å². The molecule has 2 fully saturated rings. The molecule has 0 aromatic carbocycles. The van der Waals surface area contributed by atoms with Crippen LogP contribution in [0.25, 0.3) is 0 Å². The minimum atomic E-state index is -0.146. The summed E-state index contributed by atoms with van der Waals surface area (Å²) < 4.78 is 1.65. The van der Waals surface area contributed by atoms with Gasteiger partial charge in [-0.1, -0.05) is 11.6 Å². The highest BCUT2D eigenvalue weighted by Crippen LogP contribution is 2.34. The van der Waals surface area contributed by atoms with E-state index in [4.69, 9.17) is 11.6 Å². The molecule has 1 aromatic rings. The third kappa shape index (κ3) is 2.23. The fourth-order valence-corrected chi connectivity index (χ4v) is 3.76. The maximum atomic E-state index is 12.3. The van der Waals surface area contributed by atoms with Crippen molar-refractivity contribution in [1.82, 2.24) is 20.0 Å². The van der Waals surface area contributed by atoms with Crippen LogP contribution in [0.1, 0.15) is 41.9 Å². The topological polar surface area (TPSA) is 50.2 Å². The fourth-order valence-electron chi connectivity index (χ4n) is 3.51. The summed E-state index contributed by atoms with van der Waals surface area (Å²) in [6.45, 7) is 1.86. The number of carbonyl (C=O) groups is 1. The summed E-state index contributed by atoms with van der Waals surface area (Å²) in [4.78, 5) is 14.8. The van der Waals surface area contributed by atoms with Crippen LogP contribution >= 0.6 is 11.6 Å². The molecule has 5 nitrogen and oxygen atoms in total. The average molecular weight is 297 g/mol. The van der Waals surface area contributed by atoms with Crippen molar-refractivity contribution in [2.75, 3.05) is 7.05 Å². The number of halogens is 1. The zero-order chi connectivity index (χ0) is 14.4. The number of hydrogen-bond donors (Lipinski definition) is 1. The van der Waals surface area contributed by atoms with Gasteiger partial charge >= 0.3 is 0 Å². The van der Waals surface area contributed by atoms with Gasteiger partial charge < -0.3 is 10.2 Å². The maximum absolute atomic E-state index is 12.3. The Labute approximate surface area is 124 Å². The number of piperidine rings is 1. The Bertz CT molecular complexity index is 528. The molecule has 1 aromatic heterocycles. The van der Waals surface area contributed by atoms with E-state index in [2.05, 4.69) is 22.4 Å². The largest absolute Gasteiger partial charge is 0.348 e. The van der Waals surface area contributed by atoms with E-state index >= 15 is 0 Å². The summed E-state index contributed by atoms with van der Waals surface area (Å²) in [6.07, 6.45) is 4.55. The van der Waals surface area contributed by atoms with Gasteiger partial charge in [0.15, 0.2) is 5.69 Å². The Balaban J connectivity index is 1.69. The maximum Gasteiger partial charge on any atom is 0.273 e. The average Bonchev–Trinajstić information content (AvgIpc) is 2.78. The normalized spacial score (nSPS) is 29.7. The highest BCUT2D eigenvalue weighted by Gasteiger charge is 2.39. The van der Waals surface area contributed by atoms with E-state index in [0.29, 0.717) is 22.8 Å². The Kier molecular flexibility index (Phi) is 3.50. The molecular weight excluding hydrogens is 276 g/mol. The summed E-state index contributed by atoms with van der Waals surface area (Å²) in [7, 11) is 3.99. The van der Waals surface area contributed by atoms with Crippen molar-refractivity contribution in [1.29, 1.82) is 0 Å². The molecule has 1 amide bonds. The predicted molar refractivity (Wildman–Crippen MR) is 78.0 cm³/mol. The van der Waals surface area contributed by atoms with Gasteiger partial charge in [0.2, 0.25) is 0 Å². The van der Waals surface area contributed by atoms with Gasteiger partial charge in [-0.25, -0.2) is 0 Å². The standard InChI is InChI=1S/C14H21ClN4O/c1-8-12(15)13(17-19(8)3)14(20)16-9-6-10-4-5-11(7-9)18(10)2/h9-11H,4-7H2,1-3H3,(H,16,20). The lowest BCUT2D eigenvalue weighted by Crippen LogP contribution is -2.48. The minimum absolute atomic E-state index is 0.146. The van der Waals surface area contributed by atoms with Crippen molar-refractivity contribution in [3.63, 3.8) is 0 Å². The molecule has 2 aliphatic heterocycles. The van der Waals surface area contributed by atoms with E-state index in [9.17, 15) is 4.79 Å². The second kappa shape index (κ2) is 5.04. The van der Waals surface area contributed by atoms with E-state index < -0.39 is 0 Å². The molecule has 20 heavy (non-hydrogen) atoms. The van der Waals surface area contributed by atoms with Gasteiger partial charge in [0.1, 0.15) is 0 Å². The van der Waals surface area contributed by atoms with Crippen LogP contribution in [0.3, 0.4) is 0 Å². The Morgan fingerprint density at radius 1 is 1.30 bits per heavy atom. The Hall–Kier alpha value is -1.07. The summed E-state index contributed by atoms with van der Waals surface area (Å²) in [6, 6.07) is 1.47. The van der Waals surface area contributed by atoms with Crippen molar-refractivity contribution in [3.05, 3.63) is 16.4 Å². The second-order valence-electron chi connectivity index (χ2n) is 6.06. The molecule has 0 aliphatic carbocycles. The van der Waals surface area contributed by atoms with Gasteiger partial charge in [-0.15, -0.1) is 0 Å². The first-order chi connectivity index (χ1) is 9.47. The van der Waals surface area contributed by atoms with Crippen molar-refractivity contribution in [3.8, 4) is 0 Å². The van der Waals surface area contributed by atoms with Crippen LogP contribution in [-0.2, 0) is 7.05 Å². The molecule has 6 heteroatoms. The number of fused-ring (bicyclic) bond motifs is 2. The molecule has 2 saturated heterocycles. The molecule has 3 heterocycles. The molecule has 3 rings (SSSR count). The van der Waals surface area contributed by atoms with Gasteiger partial charge in [0, 0.05) is 25.2 Å². The number of rotatable bonds is 2. The third-order valence-corrected chi connectivity index (χ3v) is 5.36. The first-order valence-corrected chi connectivity index (χ1v) is 7.57. The lowest BCUT2D eigenvalue weighted by atomic mass is 9.98. The summed E-state index contributed by atoms with van der Waals surface area (Å²) >= 11 is 6.17. The number of aromatic nitrogens is 2. The first kappa shape index (κ1) is 13.9. The van der Waals surface area contributed by atoms with Gasteiger partial charge in [-0.05, 0) is 39.7 Å². The van der Waals surface area contributed by atoms with E-state index in [1.165, 1.54) is 12.8 Å². The molecule has 0 spiro atoms. The quantitative estimate of drug-likeness (QED) is 0.904. The number of nitrogens with one attached hydrogen (secondary N) is 1. The van der Waals surface area contributed by atoms with Crippen LogP contribution in [-0.4, -0.2) is 45.8 Å². The molecule has 0 radical (unpaired) electrons. The van der Waals surface area contributed by atoms with Crippen LogP contribution in [0.15, 0.2) is 0 Å².